The zero-order valence-electron chi connectivity index (χ0n) is 11.8. The van der Waals surface area contributed by atoms with E-state index in [1.54, 1.807) is 0 Å². The summed E-state index contributed by atoms with van der Waals surface area (Å²) in [6, 6.07) is 0. The zero-order chi connectivity index (χ0) is 17.4. The molecule has 2 heterocycles. The summed E-state index contributed by atoms with van der Waals surface area (Å²) in [5, 5.41) is 49.6. The van der Waals surface area contributed by atoms with Crippen molar-refractivity contribution < 1.29 is 39.7 Å². The van der Waals surface area contributed by atoms with Crippen LogP contribution in [-0.4, -0.2) is 96.0 Å². The largest absolute Gasteiger partial charge is 0.394 e. The van der Waals surface area contributed by atoms with Crippen LogP contribution in [0.25, 0.3) is 0 Å². The Hall–Kier alpha value is 1.18. The van der Waals surface area contributed by atoms with Crippen LogP contribution in [0.5, 0.6) is 0 Å². The monoisotopic (exact) mass is 532 g/mol. The molecule has 2 rings (SSSR count). The Labute approximate surface area is 159 Å². The molecule has 2 aliphatic rings. The van der Waals surface area contributed by atoms with Gasteiger partial charge in [-0.25, -0.2) is 0 Å². The number of hydrogen-bond donors (Lipinski definition) is 5. The molecule has 0 radical (unpaired) electrons. The third kappa shape index (κ3) is 3.82. The Morgan fingerprint density at radius 2 is 1.78 bits per heavy atom. The van der Waals surface area contributed by atoms with Gasteiger partial charge in [0, 0.05) is 4.43 Å². The van der Waals surface area contributed by atoms with Crippen LogP contribution in [0, 0.1) is 0 Å². The minimum absolute atomic E-state index is 0.331. The first-order valence-corrected chi connectivity index (χ1v) is 9.89. The summed E-state index contributed by atoms with van der Waals surface area (Å²) >= 11 is 11.0. The van der Waals surface area contributed by atoms with Crippen molar-refractivity contribution in [2.24, 2.45) is 0 Å². The summed E-state index contributed by atoms with van der Waals surface area (Å²) in [5.74, 6) is -2.12. The van der Waals surface area contributed by atoms with E-state index in [0.29, 0.717) is 4.43 Å². The highest BCUT2D eigenvalue weighted by Gasteiger charge is 2.57. The number of ether oxygens (including phenoxy) is 3. The molecule has 0 spiro atoms. The normalized spacial score (nSPS) is 51.1. The highest BCUT2D eigenvalue weighted by Crippen LogP contribution is 2.38. The minimum Gasteiger partial charge on any atom is -0.394 e. The first-order chi connectivity index (χ1) is 10.8. The van der Waals surface area contributed by atoms with Gasteiger partial charge in [0.2, 0.25) is 5.79 Å². The molecule has 5 N–H and O–H groups in total. The first-order valence-electron chi connectivity index (χ1n) is 6.91. The second-order valence-corrected chi connectivity index (χ2v) is 7.67. The standard InChI is InChI=1S/C12H19BrClIO8/c13-6-5(2-16)21-11(9(19)8(6)18)23-12(3-14)10(20)7(17)4(1-15)22-12/h4-11,16-20H,1-3H2/t4-,5-,6-,7-,8+,9-,10+,11-,12+/m1/s1. The predicted molar refractivity (Wildman–Crippen MR) is 90.8 cm³/mol. The maximum absolute atomic E-state index is 10.2. The number of halogens is 3. The van der Waals surface area contributed by atoms with E-state index in [0.717, 1.165) is 0 Å². The Kier molecular flexibility index (Phi) is 7.35. The van der Waals surface area contributed by atoms with Gasteiger partial charge in [-0.05, 0) is 0 Å². The van der Waals surface area contributed by atoms with Crippen molar-refractivity contribution in [1.82, 2.24) is 0 Å². The smallest absolute Gasteiger partial charge is 0.214 e. The molecule has 0 saturated carbocycles. The van der Waals surface area contributed by atoms with Crippen molar-refractivity contribution in [2.45, 2.75) is 53.5 Å². The van der Waals surface area contributed by atoms with E-state index in [2.05, 4.69) is 15.9 Å². The van der Waals surface area contributed by atoms with Gasteiger partial charge in [0.25, 0.3) is 0 Å². The van der Waals surface area contributed by atoms with Gasteiger partial charge in [-0.2, -0.15) is 0 Å². The summed E-state index contributed by atoms with van der Waals surface area (Å²) in [6.45, 7) is -0.421. The molecule has 8 nitrogen and oxygen atoms in total. The van der Waals surface area contributed by atoms with E-state index < -0.39 is 60.1 Å². The van der Waals surface area contributed by atoms with Gasteiger partial charge < -0.3 is 39.7 Å². The van der Waals surface area contributed by atoms with Crippen molar-refractivity contribution in [2.75, 3.05) is 16.9 Å². The molecule has 9 atom stereocenters. The van der Waals surface area contributed by atoms with Gasteiger partial charge in [-0.1, -0.05) is 38.5 Å². The molecule has 11 heteroatoms. The number of alkyl halides is 3. The molecule has 136 valence electrons. The third-order valence-electron chi connectivity index (χ3n) is 3.96. The van der Waals surface area contributed by atoms with E-state index in [1.165, 1.54) is 0 Å². The average Bonchev–Trinajstić information content (AvgIpc) is 2.80. The SMILES string of the molecule is OC[C@H]1O[C@H](O[C@]2(CCl)O[C@H](CI)[C@@H](O)[C@@H]2O)[C@H](O)[C@@H](O)[C@@H]1Br. The lowest BCUT2D eigenvalue weighted by Gasteiger charge is -2.43. The number of aliphatic hydroxyl groups excluding tert-OH is 5. The molecule has 0 unspecified atom stereocenters. The van der Waals surface area contributed by atoms with Crippen LogP contribution >= 0.6 is 50.1 Å². The van der Waals surface area contributed by atoms with Crippen LogP contribution < -0.4 is 0 Å². The topological polar surface area (TPSA) is 129 Å². The van der Waals surface area contributed by atoms with Crippen molar-refractivity contribution >= 4 is 50.1 Å². The van der Waals surface area contributed by atoms with Gasteiger partial charge in [0.15, 0.2) is 6.29 Å². The van der Waals surface area contributed by atoms with E-state index >= 15 is 0 Å². The Morgan fingerprint density at radius 1 is 1.13 bits per heavy atom. The fourth-order valence-electron chi connectivity index (χ4n) is 2.56. The van der Waals surface area contributed by atoms with E-state index in [4.69, 9.17) is 25.8 Å². The zero-order valence-corrected chi connectivity index (χ0v) is 16.3. The van der Waals surface area contributed by atoms with E-state index in [-0.39, 0.29) is 5.88 Å². The second-order valence-electron chi connectivity index (χ2n) is 5.46. The summed E-state index contributed by atoms with van der Waals surface area (Å²) in [5.41, 5.74) is 0. The molecule has 2 saturated heterocycles. The summed E-state index contributed by atoms with van der Waals surface area (Å²) in [7, 11) is 0. The van der Waals surface area contributed by atoms with Crippen molar-refractivity contribution in [1.29, 1.82) is 0 Å². The Bertz CT molecular complexity index is 407. The Morgan fingerprint density at radius 3 is 2.26 bits per heavy atom. The number of hydrogen-bond acceptors (Lipinski definition) is 8. The lowest BCUT2D eigenvalue weighted by atomic mass is 10.0. The highest BCUT2D eigenvalue weighted by atomic mass is 127. The lowest BCUT2D eigenvalue weighted by molar-refractivity contribution is -0.357. The summed E-state index contributed by atoms with van der Waals surface area (Å²) < 4.78 is 16.9. The summed E-state index contributed by atoms with van der Waals surface area (Å²) in [4.78, 5) is -0.698. The quantitative estimate of drug-likeness (QED) is 0.218. The lowest BCUT2D eigenvalue weighted by Crippen LogP contribution is -2.61. The van der Waals surface area contributed by atoms with Crippen molar-refractivity contribution in [3.8, 4) is 0 Å². The number of rotatable bonds is 5. The van der Waals surface area contributed by atoms with Gasteiger partial charge >= 0.3 is 0 Å². The first kappa shape index (κ1) is 20.5. The van der Waals surface area contributed by atoms with Crippen LogP contribution in [0.4, 0.5) is 0 Å². The molecule has 2 aliphatic heterocycles. The van der Waals surface area contributed by atoms with Crippen LogP contribution in [0.1, 0.15) is 0 Å². The van der Waals surface area contributed by atoms with Gasteiger partial charge in [-0.3, -0.25) is 0 Å². The maximum Gasteiger partial charge on any atom is 0.214 e. The van der Waals surface area contributed by atoms with Crippen LogP contribution in [0.15, 0.2) is 0 Å². The van der Waals surface area contributed by atoms with Gasteiger partial charge in [-0.15, -0.1) is 11.6 Å². The van der Waals surface area contributed by atoms with Crippen LogP contribution in [-0.2, 0) is 14.2 Å². The molecule has 0 aromatic carbocycles. The third-order valence-corrected chi connectivity index (χ3v) is 6.33. The van der Waals surface area contributed by atoms with Gasteiger partial charge in [0.1, 0.15) is 18.3 Å². The molecular weight excluding hydrogens is 514 g/mol. The molecule has 2 fully saturated rings. The summed E-state index contributed by atoms with van der Waals surface area (Å²) in [6.07, 6.45) is -8.35. The van der Waals surface area contributed by atoms with Crippen molar-refractivity contribution in [3.05, 3.63) is 0 Å². The fraction of sp³-hybridized carbons (Fsp3) is 1.00. The average molecular weight is 534 g/mol. The highest BCUT2D eigenvalue weighted by molar-refractivity contribution is 14.1. The van der Waals surface area contributed by atoms with E-state index in [9.17, 15) is 25.5 Å². The Balaban J connectivity index is 2.18. The maximum atomic E-state index is 10.2. The number of aliphatic hydroxyl groups is 5. The van der Waals surface area contributed by atoms with Crippen molar-refractivity contribution in [3.63, 3.8) is 0 Å². The molecular formula is C12H19BrClIO8. The molecule has 0 amide bonds. The second kappa shape index (κ2) is 8.25. The minimum atomic E-state index is -1.79. The molecule has 0 aliphatic carbocycles. The fourth-order valence-corrected chi connectivity index (χ4v) is 4.15. The molecule has 0 aromatic rings. The predicted octanol–water partition coefficient (Wildman–Crippen LogP) is -1.30. The molecule has 23 heavy (non-hydrogen) atoms. The van der Waals surface area contributed by atoms with Gasteiger partial charge in [0.05, 0.1) is 35.6 Å². The molecule has 0 bridgehead atoms. The van der Waals surface area contributed by atoms with Crippen LogP contribution in [0.2, 0.25) is 0 Å². The van der Waals surface area contributed by atoms with E-state index in [1.807, 2.05) is 22.6 Å². The van der Waals surface area contributed by atoms with Crippen LogP contribution in [0.3, 0.4) is 0 Å². The molecule has 0 aromatic heterocycles.